The molecule has 2 aliphatic heterocycles. The first-order chi connectivity index (χ1) is 10.6. The van der Waals surface area contributed by atoms with Crippen LogP contribution in [0, 0.1) is 0 Å². The fourth-order valence-electron chi connectivity index (χ4n) is 3.21. The molecule has 2 N–H and O–H groups in total. The number of nitrogens with one attached hydrogen (secondary N) is 1. The first kappa shape index (κ1) is 14.8. The highest BCUT2D eigenvalue weighted by Gasteiger charge is 2.32. The van der Waals surface area contributed by atoms with Crippen LogP contribution < -0.4 is 10.1 Å². The SMILES string of the molecule is O=C(CN1CCC[C@@H]1C(=O)O)NC1CCOc2ccccc21. The molecule has 2 atom stereocenters. The van der Waals surface area contributed by atoms with Crippen LogP contribution >= 0.6 is 0 Å². The maximum atomic E-state index is 12.3. The van der Waals surface area contributed by atoms with Crippen LogP contribution in [0.25, 0.3) is 0 Å². The maximum absolute atomic E-state index is 12.3. The second-order valence-corrected chi connectivity index (χ2v) is 5.76. The molecule has 3 rings (SSSR count). The first-order valence-corrected chi connectivity index (χ1v) is 7.63. The van der Waals surface area contributed by atoms with Crippen molar-refractivity contribution in [3.63, 3.8) is 0 Å². The molecule has 2 heterocycles. The number of para-hydroxylation sites is 1. The highest BCUT2D eigenvalue weighted by molar-refractivity contribution is 5.80. The number of carbonyl (C=O) groups is 2. The number of aliphatic carboxylic acids is 1. The molecule has 0 radical (unpaired) electrons. The van der Waals surface area contributed by atoms with E-state index in [1.807, 2.05) is 24.3 Å². The van der Waals surface area contributed by atoms with E-state index in [0.29, 0.717) is 19.6 Å². The quantitative estimate of drug-likeness (QED) is 0.873. The Morgan fingerprint density at radius 1 is 1.32 bits per heavy atom. The van der Waals surface area contributed by atoms with Crippen LogP contribution in [-0.2, 0) is 9.59 Å². The van der Waals surface area contributed by atoms with Gasteiger partial charge in [-0.3, -0.25) is 14.5 Å². The van der Waals surface area contributed by atoms with Gasteiger partial charge in [0.05, 0.1) is 19.2 Å². The summed E-state index contributed by atoms with van der Waals surface area (Å²) in [5, 5.41) is 12.2. The van der Waals surface area contributed by atoms with E-state index < -0.39 is 12.0 Å². The van der Waals surface area contributed by atoms with E-state index in [1.54, 1.807) is 4.90 Å². The van der Waals surface area contributed by atoms with Gasteiger partial charge in [-0.1, -0.05) is 18.2 Å². The van der Waals surface area contributed by atoms with Crippen molar-refractivity contribution in [2.75, 3.05) is 19.7 Å². The monoisotopic (exact) mass is 304 g/mol. The average molecular weight is 304 g/mol. The summed E-state index contributed by atoms with van der Waals surface area (Å²) < 4.78 is 5.58. The van der Waals surface area contributed by atoms with Gasteiger partial charge >= 0.3 is 5.97 Å². The van der Waals surface area contributed by atoms with E-state index in [4.69, 9.17) is 9.84 Å². The second-order valence-electron chi connectivity index (χ2n) is 5.76. The van der Waals surface area contributed by atoms with Crippen molar-refractivity contribution in [2.24, 2.45) is 0 Å². The van der Waals surface area contributed by atoms with Crippen LogP contribution in [0.1, 0.15) is 30.9 Å². The fourth-order valence-corrected chi connectivity index (χ4v) is 3.21. The predicted molar refractivity (Wildman–Crippen MR) is 79.7 cm³/mol. The zero-order chi connectivity index (χ0) is 15.5. The van der Waals surface area contributed by atoms with Gasteiger partial charge in [-0.25, -0.2) is 0 Å². The van der Waals surface area contributed by atoms with E-state index in [1.165, 1.54) is 0 Å². The molecule has 1 unspecified atom stereocenters. The first-order valence-electron chi connectivity index (χ1n) is 7.63. The second kappa shape index (κ2) is 6.36. The summed E-state index contributed by atoms with van der Waals surface area (Å²) in [6, 6.07) is 7.08. The minimum Gasteiger partial charge on any atom is -0.493 e. The van der Waals surface area contributed by atoms with E-state index in [9.17, 15) is 9.59 Å². The summed E-state index contributed by atoms with van der Waals surface area (Å²) in [6.07, 6.45) is 2.16. The normalized spacial score (nSPS) is 24.4. The largest absolute Gasteiger partial charge is 0.493 e. The number of carboxylic acids is 1. The number of likely N-dealkylation sites (tertiary alicyclic amines) is 1. The zero-order valence-corrected chi connectivity index (χ0v) is 12.3. The van der Waals surface area contributed by atoms with Crippen LogP contribution in [0.2, 0.25) is 0 Å². The third-order valence-electron chi connectivity index (χ3n) is 4.29. The van der Waals surface area contributed by atoms with Crippen LogP contribution in [-0.4, -0.2) is 47.6 Å². The van der Waals surface area contributed by atoms with Crippen LogP contribution in [0.3, 0.4) is 0 Å². The van der Waals surface area contributed by atoms with Gasteiger partial charge in [0.15, 0.2) is 0 Å². The number of carbonyl (C=O) groups excluding carboxylic acids is 1. The molecule has 1 aromatic rings. The number of amides is 1. The van der Waals surface area contributed by atoms with E-state index in [-0.39, 0.29) is 18.5 Å². The molecule has 0 spiro atoms. The Labute approximate surface area is 129 Å². The van der Waals surface area contributed by atoms with Crippen molar-refractivity contribution >= 4 is 11.9 Å². The molecule has 118 valence electrons. The third-order valence-corrected chi connectivity index (χ3v) is 4.29. The van der Waals surface area contributed by atoms with E-state index >= 15 is 0 Å². The minimum absolute atomic E-state index is 0.0664. The van der Waals surface area contributed by atoms with Crippen LogP contribution in [0.4, 0.5) is 0 Å². The van der Waals surface area contributed by atoms with Crippen LogP contribution in [0.5, 0.6) is 5.75 Å². The van der Waals surface area contributed by atoms with E-state index in [0.717, 1.165) is 24.2 Å². The van der Waals surface area contributed by atoms with Gasteiger partial charge in [-0.15, -0.1) is 0 Å². The molecule has 2 aliphatic rings. The van der Waals surface area contributed by atoms with Crippen molar-refractivity contribution in [3.05, 3.63) is 29.8 Å². The van der Waals surface area contributed by atoms with Gasteiger partial charge in [0.25, 0.3) is 0 Å². The molecule has 0 aromatic heterocycles. The van der Waals surface area contributed by atoms with Gasteiger partial charge < -0.3 is 15.2 Å². The molecule has 1 fully saturated rings. The average Bonchev–Trinajstić information content (AvgIpc) is 2.96. The standard InChI is InChI=1S/C16H20N2O4/c19-15(10-18-8-3-5-13(18)16(20)21)17-12-7-9-22-14-6-2-1-4-11(12)14/h1-2,4,6,12-13H,3,5,7-10H2,(H,17,19)(H,20,21)/t12?,13-/m1/s1. The number of benzene rings is 1. The highest BCUT2D eigenvalue weighted by atomic mass is 16.5. The van der Waals surface area contributed by atoms with Crippen molar-refractivity contribution in [1.29, 1.82) is 0 Å². The topological polar surface area (TPSA) is 78.9 Å². The Kier molecular flexibility index (Phi) is 4.29. The summed E-state index contributed by atoms with van der Waals surface area (Å²) in [4.78, 5) is 25.2. The number of fused-ring (bicyclic) bond motifs is 1. The Morgan fingerprint density at radius 3 is 2.95 bits per heavy atom. The molecule has 22 heavy (non-hydrogen) atoms. The molecular formula is C16H20N2O4. The molecular weight excluding hydrogens is 284 g/mol. The highest BCUT2D eigenvalue weighted by Crippen LogP contribution is 2.31. The molecule has 1 saturated heterocycles. The lowest BCUT2D eigenvalue weighted by Gasteiger charge is -2.28. The number of rotatable bonds is 4. The number of hydrogen-bond acceptors (Lipinski definition) is 4. The van der Waals surface area contributed by atoms with Crippen molar-refractivity contribution in [3.8, 4) is 5.75 Å². The summed E-state index contributed by atoms with van der Waals surface area (Å²) in [6.45, 7) is 1.37. The molecule has 0 saturated carbocycles. The lowest BCUT2D eigenvalue weighted by atomic mass is 10.0. The number of ether oxygens (including phenoxy) is 1. The summed E-state index contributed by atoms with van der Waals surface area (Å²) >= 11 is 0. The molecule has 1 aromatic carbocycles. The number of carboxylic acid groups (broad SMARTS) is 1. The predicted octanol–water partition coefficient (Wildman–Crippen LogP) is 1.18. The molecule has 0 bridgehead atoms. The maximum Gasteiger partial charge on any atom is 0.320 e. The Bertz CT molecular complexity index is 575. The van der Waals surface area contributed by atoms with Gasteiger partial charge in [0.2, 0.25) is 5.91 Å². The Hall–Kier alpha value is -2.08. The van der Waals surface area contributed by atoms with Crippen molar-refractivity contribution in [1.82, 2.24) is 10.2 Å². The van der Waals surface area contributed by atoms with Crippen molar-refractivity contribution < 1.29 is 19.4 Å². The minimum atomic E-state index is -0.846. The van der Waals surface area contributed by atoms with Gasteiger partial charge in [0.1, 0.15) is 11.8 Å². The molecule has 6 heteroatoms. The lowest BCUT2D eigenvalue weighted by Crippen LogP contribution is -2.44. The Morgan fingerprint density at radius 2 is 2.14 bits per heavy atom. The summed E-state index contributed by atoms with van der Waals surface area (Å²) in [5.41, 5.74) is 0.985. The summed E-state index contributed by atoms with van der Waals surface area (Å²) in [7, 11) is 0. The zero-order valence-electron chi connectivity index (χ0n) is 12.3. The Balaban J connectivity index is 1.62. The van der Waals surface area contributed by atoms with Gasteiger partial charge in [-0.2, -0.15) is 0 Å². The molecule has 0 aliphatic carbocycles. The number of nitrogens with zero attached hydrogens (tertiary/aromatic N) is 1. The third kappa shape index (κ3) is 3.06. The smallest absolute Gasteiger partial charge is 0.320 e. The van der Waals surface area contributed by atoms with Crippen molar-refractivity contribution in [2.45, 2.75) is 31.3 Å². The van der Waals surface area contributed by atoms with E-state index in [2.05, 4.69) is 5.32 Å². The summed E-state index contributed by atoms with van der Waals surface area (Å²) in [5.74, 6) is -0.166. The van der Waals surface area contributed by atoms with Crippen LogP contribution in [0.15, 0.2) is 24.3 Å². The molecule has 6 nitrogen and oxygen atoms in total. The van der Waals surface area contributed by atoms with Gasteiger partial charge in [-0.05, 0) is 25.5 Å². The number of hydrogen-bond donors (Lipinski definition) is 2. The fraction of sp³-hybridized carbons (Fsp3) is 0.500. The lowest BCUT2D eigenvalue weighted by molar-refractivity contribution is -0.142. The molecule has 1 amide bonds. The van der Waals surface area contributed by atoms with Gasteiger partial charge in [0, 0.05) is 12.0 Å².